The smallest absolute Gasteiger partial charge is 0.0988 e. The van der Waals surface area contributed by atoms with Crippen molar-refractivity contribution in [2.75, 3.05) is 19.6 Å². The van der Waals surface area contributed by atoms with Gasteiger partial charge in [-0.05, 0) is 43.7 Å². The van der Waals surface area contributed by atoms with E-state index in [1.165, 1.54) is 18.4 Å². The first kappa shape index (κ1) is 17.9. The third-order valence-corrected chi connectivity index (χ3v) is 5.11. The highest BCUT2D eigenvalue weighted by atomic mass is 15.3. The number of pyridine rings is 1. The minimum Gasteiger partial charge on any atom is -0.311 e. The van der Waals surface area contributed by atoms with Gasteiger partial charge >= 0.3 is 0 Å². The van der Waals surface area contributed by atoms with Crippen LogP contribution in [0.5, 0.6) is 0 Å². The lowest BCUT2D eigenvalue weighted by atomic mass is 10.1. The topological polar surface area (TPSA) is 46.0 Å². The molecule has 0 saturated heterocycles. The number of aromatic nitrogens is 3. The lowest BCUT2D eigenvalue weighted by Gasteiger charge is -2.19. The Bertz CT molecular complexity index is 840. The maximum absolute atomic E-state index is 4.85. The first-order chi connectivity index (χ1) is 13.3. The summed E-state index contributed by atoms with van der Waals surface area (Å²) < 4.78 is 1.96. The van der Waals surface area contributed by atoms with E-state index in [0.717, 1.165) is 49.2 Å². The Morgan fingerprint density at radius 2 is 2.00 bits per heavy atom. The molecule has 1 aromatic carbocycles. The molecule has 1 fully saturated rings. The molecule has 5 nitrogen and oxygen atoms in total. The molecule has 140 valence electrons. The van der Waals surface area contributed by atoms with Crippen LogP contribution in [0.15, 0.2) is 61.1 Å². The zero-order valence-corrected chi connectivity index (χ0v) is 15.9. The van der Waals surface area contributed by atoms with Crippen LogP contribution in [0.1, 0.15) is 25.3 Å². The Balaban J connectivity index is 1.49. The van der Waals surface area contributed by atoms with Crippen LogP contribution in [-0.4, -0.2) is 45.3 Å². The lowest BCUT2D eigenvalue weighted by Crippen LogP contribution is -2.33. The minimum atomic E-state index is 0.805. The molecule has 4 rings (SSSR count). The first-order valence-corrected chi connectivity index (χ1v) is 9.84. The van der Waals surface area contributed by atoms with Gasteiger partial charge < -0.3 is 5.32 Å². The number of hydrogen-bond donors (Lipinski definition) is 1. The maximum atomic E-state index is 4.85. The summed E-state index contributed by atoms with van der Waals surface area (Å²) in [7, 11) is 0. The molecular formula is C22H27N5. The third kappa shape index (κ3) is 4.43. The number of rotatable bonds is 9. The number of benzene rings is 1. The van der Waals surface area contributed by atoms with E-state index in [2.05, 4.69) is 46.5 Å². The van der Waals surface area contributed by atoms with E-state index in [1.807, 2.05) is 35.1 Å². The maximum Gasteiger partial charge on any atom is 0.0988 e. The van der Waals surface area contributed by atoms with Gasteiger partial charge in [-0.1, -0.05) is 25.1 Å². The van der Waals surface area contributed by atoms with E-state index in [4.69, 9.17) is 5.10 Å². The molecule has 2 aromatic heterocycles. The van der Waals surface area contributed by atoms with E-state index in [9.17, 15) is 0 Å². The monoisotopic (exact) mass is 361 g/mol. The second-order valence-corrected chi connectivity index (χ2v) is 7.06. The highest BCUT2D eigenvalue weighted by Crippen LogP contribution is 2.26. The zero-order chi connectivity index (χ0) is 18.5. The first-order valence-electron chi connectivity index (χ1n) is 9.84. The average molecular weight is 361 g/mol. The molecule has 1 aliphatic carbocycles. The van der Waals surface area contributed by atoms with Crippen molar-refractivity contribution < 1.29 is 0 Å². The third-order valence-electron chi connectivity index (χ3n) is 5.11. The van der Waals surface area contributed by atoms with Crippen LogP contribution in [-0.2, 0) is 6.54 Å². The van der Waals surface area contributed by atoms with Crippen molar-refractivity contribution in [2.24, 2.45) is 0 Å². The molecule has 0 aliphatic heterocycles. The van der Waals surface area contributed by atoms with E-state index >= 15 is 0 Å². The number of para-hydroxylation sites is 1. The Kier molecular flexibility index (Phi) is 5.61. The summed E-state index contributed by atoms with van der Waals surface area (Å²) in [6, 6.07) is 15.1. The van der Waals surface area contributed by atoms with Gasteiger partial charge in [0.15, 0.2) is 0 Å². The second kappa shape index (κ2) is 8.46. The van der Waals surface area contributed by atoms with Gasteiger partial charge in [0.05, 0.1) is 11.4 Å². The predicted molar refractivity (Wildman–Crippen MR) is 109 cm³/mol. The summed E-state index contributed by atoms with van der Waals surface area (Å²) >= 11 is 0. The van der Waals surface area contributed by atoms with Gasteiger partial charge in [-0.2, -0.15) is 5.10 Å². The van der Waals surface area contributed by atoms with Crippen molar-refractivity contribution in [3.63, 3.8) is 0 Å². The summed E-state index contributed by atoms with van der Waals surface area (Å²) in [6.45, 7) is 6.30. The van der Waals surface area contributed by atoms with Crippen LogP contribution in [0.2, 0.25) is 0 Å². The summed E-state index contributed by atoms with van der Waals surface area (Å²) in [5.74, 6) is 0. The largest absolute Gasteiger partial charge is 0.311 e. The quantitative estimate of drug-likeness (QED) is 0.593. The van der Waals surface area contributed by atoms with Gasteiger partial charge in [-0.15, -0.1) is 0 Å². The van der Waals surface area contributed by atoms with Gasteiger partial charge in [-0.3, -0.25) is 9.88 Å². The summed E-state index contributed by atoms with van der Waals surface area (Å²) in [5, 5.41) is 8.45. The van der Waals surface area contributed by atoms with E-state index in [1.54, 1.807) is 6.20 Å². The average Bonchev–Trinajstić information content (AvgIpc) is 3.48. The van der Waals surface area contributed by atoms with Crippen molar-refractivity contribution in [2.45, 2.75) is 32.4 Å². The standard InChI is InChI=1S/C22H27N5/c1-2-26(20-10-11-20)14-13-24-16-19-17-27(21-8-4-3-5-9-21)25-22(19)18-7-6-12-23-15-18/h3-9,12,15,17,20,24H,2,10-11,13-14,16H2,1H3. The highest BCUT2D eigenvalue weighted by Gasteiger charge is 2.27. The Morgan fingerprint density at radius 3 is 2.70 bits per heavy atom. The molecule has 0 radical (unpaired) electrons. The van der Waals surface area contributed by atoms with E-state index < -0.39 is 0 Å². The van der Waals surface area contributed by atoms with Crippen molar-refractivity contribution in [3.8, 4) is 16.9 Å². The van der Waals surface area contributed by atoms with Crippen LogP contribution in [0.25, 0.3) is 16.9 Å². The van der Waals surface area contributed by atoms with Gasteiger partial charge in [0, 0.05) is 55.4 Å². The predicted octanol–water partition coefficient (Wildman–Crippen LogP) is 3.51. The Morgan fingerprint density at radius 1 is 1.15 bits per heavy atom. The van der Waals surface area contributed by atoms with Gasteiger partial charge in [-0.25, -0.2) is 4.68 Å². The zero-order valence-electron chi connectivity index (χ0n) is 15.9. The molecule has 0 bridgehead atoms. The molecular weight excluding hydrogens is 334 g/mol. The van der Waals surface area contributed by atoms with Gasteiger partial charge in [0.1, 0.15) is 0 Å². The fourth-order valence-corrected chi connectivity index (χ4v) is 3.48. The van der Waals surface area contributed by atoms with Gasteiger partial charge in [0.25, 0.3) is 0 Å². The van der Waals surface area contributed by atoms with Crippen LogP contribution in [0.4, 0.5) is 0 Å². The molecule has 1 aliphatic rings. The van der Waals surface area contributed by atoms with Crippen molar-refractivity contribution in [1.82, 2.24) is 25.0 Å². The molecule has 1 saturated carbocycles. The highest BCUT2D eigenvalue weighted by molar-refractivity contribution is 5.62. The minimum absolute atomic E-state index is 0.805. The summed E-state index contributed by atoms with van der Waals surface area (Å²) in [6.07, 6.45) is 8.54. The summed E-state index contributed by atoms with van der Waals surface area (Å²) in [5.41, 5.74) is 4.31. The van der Waals surface area contributed by atoms with Crippen molar-refractivity contribution in [1.29, 1.82) is 0 Å². The van der Waals surface area contributed by atoms with Crippen LogP contribution >= 0.6 is 0 Å². The molecule has 0 atom stereocenters. The number of nitrogens with one attached hydrogen (secondary N) is 1. The van der Waals surface area contributed by atoms with Gasteiger partial charge in [0.2, 0.25) is 0 Å². The Hall–Kier alpha value is -2.50. The molecule has 0 amide bonds. The van der Waals surface area contributed by atoms with E-state index in [-0.39, 0.29) is 0 Å². The lowest BCUT2D eigenvalue weighted by molar-refractivity contribution is 0.277. The number of hydrogen-bond acceptors (Lipinski definition) is 4. The van der Waals surface area contributed by atoms with Crippen molar-refractivity contribution >= 4 is 0 Å². The second-order valence-electron chi connectivity index (χ2n) is 7.06. The van der Waals surface area contributed by atoms with Crippen molar-refractivity contribution in [3.05, 3.63) is 66.6 Å². The molecule has 0 spiro atoms. The molecule has 2 heterocycles. The fraction of sp³-hybridized carbons (Fsp3) is 0.364. The number of likely N-dealkylation sites (N-methyl/N-ethyl adjacent to an activating group) is 1. The van der Waals surface area contributed by atoms with Crippen LogP contribution in [0, 0.1) is 0 Å². The Labute approximate surface area is 161 Å². The molecule has 27 heavy (non-hydrogen) atoms. The molecule has 5 heteroatoms. The number of nitrogens with zero attached hydrogens (tertiary/aromatic N) is 4. The summed E-state index contributed by atoms with van der Waals surface area (Å²) in [4.78, 5) is 6.84. The SMILES string of the molecule is CCN(CCNCc1cn(-c2ccccc2)nc1-c1cccnc1)C1CC1. The fourth-order valence-electron chi connectivity index (χ4n) is 3.48. The normalized spacial score (nSPS) is 14.0. The van der Waals surface area contributed by atoms with Crippen LogP contribution < -0.4 is 5.32 Å². The molecule has 1 N–H and O–H groups in total. The molecule has 0 unspecified atom stereocenters. The van der Waals surface area contributed by atoms with Crippen LogP contribution in [0.3, 0.4) is 0 Å². The van der Waals surface area contributed by atoms with E-state index in [0.29, 0.717) is 0 Å². The molecule has 3 aromatic rings.